The fourth-order valence-electron chi connectivity index (χ4n) is 4.06. The van der Waals surface area contributed by atoms with Crippen molar-refractivity contribution in [3.8, 4) is 0 Å². The third-order valence-corrected chi connectivity index (χ3v) is 5.58. The summed E-state index contributed by atoms with van der Waals surface area (Å²) in [6.07, 6.45) is 7.08. The van der Waals surface area contributed by atoms with E-state index in [1.807, 2.05) is 18.7 Å². The third-order valence-electron chi connectivity index (χ3n) is 5.58. The predicted octanol–water partition coefficient (Wildman–Crippen LogP) is 2.22. The Labute approximate surface area is 133 Å². The molecule has 3 fully saturated rings. The minimum Gasteiger partial charge on any atom is -0.340 e. The zero-order chi connectivity index (χ0) is 15.7. The van der Waals surface area contributed by atoms with Crippen molar-refractivity contribution >= 4 is 11.9 Å². The van der Waals surface area contributed by atoms with E-state index in [-0.39, 0.29) is 23.9 Å². The third kappa shape index (κ3) is 3.08. The first kappa shape index (κ1) is 15.6. The van der Waals surface area contributed by atoms with Crippen molar-refractivity contribution in [1.29, 1.82) is 0 Å². The Morgan fingerprint density at radius 1 is 1.05 bits per heavy atom. The van der Waals surface area contributed by atoms with E-state index in [4.69, 9.17) is 0 Å². The molecule has 2 heterocycles. The molecule has 5 nitrogen and oxygen atoms in total. The normalized spacial score (nSPS) is 29.0. The van der Waals surface area contributed by atoms with Crippen molar-refractivity contribution in [2.75, 3.05) is 19.6 Å². The van der Waals surface area contributed by atoms with Crippen LogP contribution in [0.25, 0.3) is 0 Å². The second-order valence-electron chi connectivity index (χ2n) is 7.47. The molecule has 2 saturated heterocycles. The first-order chi connectivity index (χ1) is 10.6. The fraction of sp³-hybridized carbons (Fsp3) is 0.882. The summed E-state index contributed by atoms with van der Waals surface area (Å²) in [6.45, 7) is 6.20. The van der Waals surface area contributed by atoms with E-state index in [2.05, 4.69) is 10.2 Å². The van der Waals surface area contributed by atoms with E-state index in [9.17, 15) is 9.59 Å². The highest BCUT2D eigenvalue weighted by atomic mass is 16.2. The summed E-state index contributed by atoms with van der Waals surface area (Å²) in [4.78, 5) is 28.6. The van der Waals surface area contributed by atoms with E-state index in [0.717, 1.165) is 31.8 Å². The molecule has 0 bridgehead atoms. The molecule has 124 valence electrons. The van der Waals surface area contributed by atoms with Crippen LogP contribution in [-0.2, 0) is 4.79 Å². The number of hydrogen-bond donors (Lipinski definition) is 1. The van der Waals surface area contributed by atoms with Gasteiger partial charge in [-0.1, -0.05) is 20.3 Å². The van der Waals surface area contributed by atoms with Crippen molar-refractivity contribution in [3.63, 3.8) is 0 Å². The first-order valence-corrected chi connectivity index (χ1v) is 8.92. The second-order valence-corrected chi connectivity index (χ2v) is 7.47. The topological polar surface area (TPSA) is 52.7 Å². The van der Waals surface area contributed by atoms with Gasteiger partial charge in [0.25, 0.3) is 0 Å². The monoisotopic (exact) mass is 307 g/mol. The van der Waals surface area contributed by atoms with Crippen LogP contribution >= 0.6 is 0 Å². The molecule has 2 aliphatic heterocycles. The standard InChI is InChI=1S/C17H29N3O2/c1-12(2)16(21)19-10-8-14(11-19)18-17(22)20-9-4-7-15(20)13-5-3-6-13/h12-15H,3-11H2,1-2H3,(H,18,22)/t14-,15+/m1/s1. The minimum absolute atomic E-state index is 0.0380. The smallest absolute Gasteiger partial charge is 0.317 e. The number of urea groups is 1. The Balaban J connectivity index is 1.51. The maximum Gasteiger partial charge on any atom is 0.317 e. The molecule has 2 atom stereocenters. The average Bonchev–Trinajstić information content (AvgIpc) is 3.05. The Morgan fingerprint density at radius 2 is 1.82 bits per heavy atom. The Hall–Kier alpha value is -1.26. The van der Waals surface area contributed by atoms with Gasteiger partial charge in [-0.2, -0.15) is 0 Å². The molecule has 1 saturated carbocycles. The number of hydrogen-bond acceptors (Lipinski definition) is 2. The lowest BCUT2D eigenvalue weighted by molar-refractivity contribution is -0.133. The molecule has 0 aromatic rings. The summed E-state index contributed by atoms with van der Waals surface area (Å²) >= 11 is 0. The number of likely N-dealkylation sites (tertiary alicyclic amines) is 2. The van der Waals surface area contributed by atoms with Crippen LogP contribution in [0.2, 0.25) is 0 Å². The number of nitrogens with one attached hydrogen (secondary N) is 1. The van der Waals surface area contributed by atoms with Gasteiger partial charge in [-0.3, -0.25) is 4.79 Å². The lowest BCUT2D eigenvalue weighted by Crippen LogP contribution is -2.50. The fourth-order valence-corrected chi connectivity index (χ4v) is 4.06. The number of nitrogens with zero attached hydrogens (tertiary/aromatic N) is 2. The number of amides is 3. The number of rotatable bonds is 3. The Kier molecular flexibility index (Phi) is 4.59. The number of carbonyl (C=O) groups excluding carboxylic acids is 2. The summed E-state index contributed by atoms with van der Waals surface area (Å²) < 4.78 is 0. The first-order valence-electron chi connectivity index (χ1n) is 8.92. The van der Waals surface area contributed by atoms with Crippen molar-refractivity contribution in [1.82, 2.24) is 15.1 Å². The van der Waals surface area contributed by atoms with Crippen molar-refractivity contribution < 1.29 is 9.59 Å². The van der Waals surface area contributed by atoms with Crippen molar-refractivity contribution in [2.45, 2.75) is 64.5 Å². The van der Waals surface area contributed by atoms with Gasteiger partial charge in [0.05, 0.1) is 0 Å². The van der Waals surface area contributed by atoms with Gasteiger partial charge in [0, 0.05) is 37.6 Å². The molecule has 3 rings (SSSR count). The molecule has 0 aromatic carbocycles. The Bertz CT molecular complexity index is 434. The molecule has 0 radical (unpaired) electrons. The van der Waals surface area contributed by atoms with Crippen LogP contribution in [0, 0.1) is 11.8 Å². The van der Waals surface area contributed by atoms with Crippen LogP contribution in [0.5, 0.6) is 0 Å². The van der Waals surface area contributed by atoms with Gasteiger partial charge in [0.2, 0.25) is 5.91 Å². The second kappa shape index (κ2) is 6.47. The largest absolute Gasteiger partial charge is 0.340 e. The average molecular weight is 307 g/mol. The van der Waals surface area contributed by atoms with Gasteiger partial charge in [0.1, 0.15) is 0 Å². The quantitative estimate of drug-likeness (QED) is 0.869. The van der Waals surface area contributed by atoms with E-state index in [0.29, 0.717) is 12.6 Å². The van der Waals surface area contributed by atoms with Crippen LogP contribution in [0.4, 0.5) is 4.79 Å². The maximum absolute atomic E-state index is 12.6. The van der Waals surface area contributed by atoms with Gasteiger partial charge in [0.15, 0.2) is 0 Å². The molecule has 1 aliphatic carbocycles. The predicted molar refractivity (Wildman–Crippen MR) is 85.4 cm³/mol. The zero-order valence-electron chi connectivity index (χ0n) is 13.9. The summed E-state index contributed by atoms with van der Waals surface area (Å²) in [5.41, 5.74) is 0. The molecule has 5 heteroatoms. The molecule has 3 aliphatic rings. The molecular formula is C17H29N3O2. The molecule has 0 aromatic heterocycles. The van der Waals surface area contributed by atoms with Gasteiger partial charge in [-0.15, -0.1) is 0 Å². The zero-order valence-corrected chi connectivity index (χ0v) is 13.9. The van der Waals surface area contributed by atoms with E-state index in [1.54, 1.807) is 0 Å². The van der Waals surface area contributed by atoms with Crippen LogP contribution in [0.15, 0.2) is 0 Å². The Morgan fingerprint density at radius 3 is 2.45 bits per heavy atom. The summed E-state index contributed by atoms with van der Waals surface area (Å²) in [5.74, 6) is 0.970. The highest BCUT2D eigenvalue weighted by Gasteiger charge is 2.38. The molecule has 0 spiro atoms. The summed E-state index contributed by atoms with van der Waals surface area (Å²) in [5, 5.41) is 3.17. The van der Waals surface area contributed by atoms with E-state index in [1.165, 1.54) is 25.7 Å². The SMILES string of the molecule is CC(C)C(=O)N1CC[C@@H](NC(=O)N2CCC[C@H]2C2CCC2)C1. The van der Waals surface area contributed by atoms with Crippen LogP contribution in [-0.4, -0.2) is 53.5 Å². The number of carbonyl (C=O) groups is 2. The van der Waals surface area contributed by atoms with Crippen molar-refractivity contribution in [2.24, 2.45) is 11.8 Å². The van der Waals surface area contributed by atoms with Crippen molar-refractivity contribution in [3.05, 3.63) is 0 Å². The molecule has 22 heavy (non-hydrogen) atoms. The molecule has 1 N–H and O–H groups in total. The highest BCUT2D eigenvalue weighted by Crippen LogP contribution is 2.37. The minimum atomic E-state index is 0.0380. The van der Waals surface area contributed by atoms with Crippen LogP contribution in [0.3, 0.4) is 0 Å². The lowest BCUT2D eigenvalue weighted by atomic mass is 9.79. The van der Waals surface area contributed by atoms with Gasteiger partial charge in [-0.25, -0.2) is 4.79 Å². The van der Waals surface area contributed by atoms with Crippen LogP contribution in [0.1, 0.15) is 52.4 Å². The van der Waals surface area contributed by atoms with Gasteiger partial charge < -0.3 is 15.1 Å². The molecule has 0 unspecified atom stereocenters. The lowest BCUT2D eigenvalue weighted by Gasteiger charge is -2.37. The molecular weight excluding hydrogens is 278 g/mol. The maximum atomic E-state index is 12.6. The van der Waals surface area contributed by atoms with Crippen LogP contribution < -0.4 is 5.32 Å². The highest BCUT2D eigenvalue weighted by molar-refractivity contribution is 5.79. The van der Waals surface area contributed by atoms with E-state index >= 15 is 0 Å². The summed E-state index contributed by atoms with van der Waals surface area (Å²) in [6, 6.07) is 0.680. The van der Waals surface area contributed by atoms with Gasteiger partial charge in [-0.05, 0) is 38.0 Å². The van der Waals surface area contributed by atoms with E-state index < -0.39 is 0 Å². The summed E-state index contributed by atoms with van der Waals surface area (Å²) in [7, 11) is 0. The van der Waals surface area contributed by atoms with Gasteiger partial charge >= 0.3 is 6.03 Å². The molecule has 3 amide bonds.